The molecule has 0 heterocycles. The van der Waals surface area contributed by atoms with Gasteiger partial charge in [0.15, 0.2) is 5.78 Å². The van der Waals surface area contributed by atoms with Crippen LogP contribution in [0.1, 0.15) is 40.4 Å². The van der Waals surface area contributed by atoms with Gasteiger partial charge in [-0.3, -0.25) is 4.79 Å². The molecule has 4 nitrogen and oxygen atoms in total. The Hall–Kier alpha value is -1.23. The van der Waals surface area contributed by atoms with Crippen LogP contribution < -0.4 is 5.32 Å². The molecule has 0 aliphatic heterocycles. The average Bonchev–Trinajstić information content (AvgIpc) is 2.76. The van der Waals surface area contributed by atoms with E-state index in [-0.39, 0.29) is 5.78 Å². The third-order valence-electron chi connectivity index (χ3n) is 3.45. The fraction of sp³-hybridized carbons (Fsp3) is 0.500. The first-order chi connectivity index (χ1) is 8.63. The molecular formula is C14H19NO3. The second-order valence-electron chi connectivity index (χ2n) is 4.74. The van der Waals surface area contributed by atoms with Crippen molar-refractivity contribution in [1.82, 2.24) is 5.32 Å². The Labute approximate surface area is 107 Å². The van der Waals surface area contributed by atoms with E-state index in [1.54, 1.807) is 19.2 Å². The van der Waals surface area contributed by atoms with Gasteiger partial charge in [0.2, 0.25) is 0 Å². The minimum Gasteiger partial charge on any atom is -0.390 e. The average molecular weight is 249 g/mol. The van der Waals surface area contributed by atoms with Crippen LogP contribution >= 0.6 is 0 Å². The van der Waals surface area contributed by atoms with Crippen molar-refractivity contribution in [3.8, 4) is 0 Å². The maximum atomic E-state index is 11.5. The van der Waals surface area contributed by atoms with Gasteiger partial charge in [-0.25, -0.2) is 0 Å². The Morgan fingerprint density at radius 1 is 1.33 bits per heavy atom. The molecule has 2 unspecified atom stereocenters. The van der Waals surface area contributed by atoms with E-state index in [4.69, 9.17) is 0 Å². The molecule has 0 fully saturated rings. The Kier molecular flexibility index (Phi) is 4.11. The summed E-state index contributed by atoms with van der Waals surface area (Å²) in [5.74, 6) is 0.168. The molecule has 0 saturated carbocycles. The number of aryl methyl sites for hydroxylation is 1. The van der Waals surface area contributed by atoms with Crippen LogP contribution in [0.25, 0.3) is 0 Å². The van der Waals surface area contributed by atoms with E-state index >= 15 is 0 Å². The highest BCUT2D eigenvalue weighted by Gasteiger charge is 2.23. The Bertz CT molecular complexity index is 445. The predicted octanol–water partition coefficient (Wildman–Crippen LogP) is 0.819. The number of ketones is 1. The summed E-state index contributed by atoms with van der Waals surface area (Å²) >= 11 is 0. The van der Waals surface area contributed by atoms with E-state index in [0.29, 0.717) is 24.9 Å². The third kappa shape index (κ3) is 2.61. The quantitative estimate of drug-likeness (QED) is 0.722. The number of rotatable bonds is 5. The van der Waals surface area contributed by atoms with Gasteiger partial charge >= 0.3 is 0 Å². The molecule has 2 atom stereocenters. The van der Waals surface area contributed by atoms with Gasteiger partial charge in [-0.15, -0.1) is 0 Å². The first-order valence-corrected chi connectivity index (χ1v) is 6.30. The largest absolute Gasteiger partial charge is 0.390 e. The number of Topliss-reactive ketones (excluding diaryl/α,β-unsaturated/α-hetero) is 1. The monoisotopic (exact) mass is 249 g/mol. The fourth-order valence-corrected chi connectivity index (χ4v) is 2.33. The number of aliphatic hydroxyl groups excluding tert-OH is 2. The molecule has 0 saturated heterocycles. The maximum absolute atomic E-state index is 11.5. The lowest BCUT2D eigenvalue weighted by molar-refractivity contribution is 0.0140. The summed E-state index contributed by atoms with van der Waals surface area (Å²) in [4.78, 5) is 11.5. The number of nitrogens with one attached hydrogen (secondary N) is 1. The fourth-order valence-electron chi connectivity index (χ4n) is 2.33. The molecule has 1 aromatic rings. The summed E-state index contributed by atoms with van der Waals surface area (Å²) in [5.41, 5.74) is 2.43. The van der Waals surface area contributed by atoms with E-state index in [2.05, 4.69) is 5.32 Å². The van der Waals surface area contributed by atoms with Crippen LogP contribution in [0, 0.1) is 0 Å². The topological polar surface area (TPSA) is 69.6 Å². The second-order valence-corrected chi connectivity index (χ2v) is 4.74. The van der Waals surface area contributed by atoms with Gasteiger partial charge in [0.1, 0.15) is 6.10 Å². The van der Waals surface area contributed by atoms with E-state index in [1.807, 2.05) is 6.07 Å². The van der Waals surface area contributed by atoms with Crippen LogP contribution in [-0.4, -0.2) is 35.7 Å². The molecule has 0 bridgehead atoms. The molecule has 1 aliphatic carbocycles. The van der Waals surface area contributed by atoms with Gasteiger partial charge in [0.25, 0.3) is 0 Å². The minimum absolute atomic E-state index is 0.168. The normalized spacial score (nSPS) is 17.6. The third-order valence-corrected chi connectivity index (χ3v) is 3.45. The molecule has 2 rings (SSSR count). The molecule has 0 radical (unpaired) electrons. The highest BCUT2D eigenvalue weighted by Crippen LogP contribution is 2.27. The summed E-state index contributed by atoms with van der Waals surface area (Å²) in [6.45, 7) is 0.654. The molecule has 1 aliphatic rings. The minimum atomic E-state index is -0.889. The summed E-state index contributed by atoms with van der Waals surface area (Å²) in [7, 11) is 1.81. The molecular weight excluding hydrogens is 230 g/mol. The van der Waals surface area contributed by atoms with Gasteiger partial charge in [-0.05, 0) is 37.6 Å². The zero-order chi connectivity index (χ0) is 13.1. The van der Waals surface area contributed by atoms with E-state index in [0.717, 1.165) is 17.5 Å². The van der Waals surface area contributed by atoms with Crippen molar-refractivity contribution in [2.24, 2.45) is 0 Å². The Morgan fingerprint density at radius 3 is 2.83 bits per heavy atom. The van der Waals surface area contributed by atoms with Crippen LogP contribution in [0.2, 0.25) is 0 Å². The van der Waals surface area contributed by atoms with Gasteiger partial charge < -0.3 is 15.5 Å². The van der Waals surface area contributed by atoms with E-state index in [9.17, 15) is 15.0 Å². The number of hydrogen-bond donors (Lipinski definition) is 3. The van der Waals surface area contributed by atoms with E-state index < -0.39 is 12.2 Å². The molecule has 98 valence electrons. The molecule has 0 spiro atoms. The highest BCUT2D eigenvalue weighted by atomic mass is 16.3. The molecule has 0 aromatic heterocycles. The van der Waals surface area contributed by atoms with Gasteiger partial charge in [-0.1, -0.05) is 18.2 Å². The number of aliphatic hydroxyl groups is 2. The van der Waals surface area contributed by atoms with Crippen molar-refractivity contribution >= 4 is 5.78 Å². The van der Waals surface area contributed by atoms with Gasteiger partial charge in [0, 0.05) is 12.0 Å². The molecule has 3 N–H and O–H groups in total. The molecule has 18 heavy (non-hydrogen) atoms. The highest BCUT2D eigenvalue weighted by molar-refractivity contribution is 6.00. The molecule has 4 heteroatoms. The lowest BCUT2D eigenvalue weighted by Gasteiger charge is -2.18. The summed E-state index contributed by atoms with van der Waals surface area (Å²) in [5, 5.41) is 22.8. The Morgan fingerprint density at radius 2 is 2.11 bits per heavy atom. The van der Waals surface area contributed by atoms with Crippen LogP contribution in [0.15, 0.2) is 18.2 Å². The number of carbonyl (C=O) groups is 1. The van der Waals surface area contributed by atoms with Crippen molar-refractivity contribution in [2.75, 3.05) is 13.6 Å². The molecule has 0 amide bonds. The zero-order valence-electron chi connectivity index (χ0n) is 10.5. The van der Waals surface area contributed by atoms with Crippen LogP contribution in [0.5, 0.6) is 0 Å². The summed E-state index contributed by atoms with van der Waals surface area (Å²) < 4.78 is 0. The van der Waals surface area contributed by atoms with Crippen molar-refractivity contribution in [2.45, 2.75) is 31.5 Å². The lowest BCUT2D eigenvalue weighted by Crippen LogP contribution is -2.23. The maximum Gasteiger partial charge on any atom is 0.163 e. The number of fused-ring (bicyclic) bond motifs is 1. The number of hydrogen-bond acceptors (Lipinski definition) is 4. The SMILES string of the molecule is CNCCC(O)C(O)c1ccc2c(c1)CCC2=O. The molecule has 1 aromatic carbocycles. The van der Waals surface area contributed by atoms with Gasteiger partial charge in [0.05, 0.1) is 6.10 Å². The zero-order valence-corrected chi connectivity index (χ0v) is 10.5. The van der Waals surface area contributed by atoms with Crippen molar-refractivity contribution in [3.05, 3.63) is 34.9 Å². The van der Waals surface area contributed by atoms with Crippen molar-refractivity contribution in [1.29, 1.82) is 0 Å². The standard InChI is InChI=1S/C14H19NO3/c1-15-7-6-13(17)14(18)10-2-4-11-9(8-10)3-5-12(11)16/h2,4,8,13-15,17-18H,3,5-7H2,1H3. The number of carbonyl (C=O) groups excluding carboxylic acids is 1. The first-order valence-electron chi connectivity index (χ1n) is 6.30. The predicted molar refractivity (Wildman–Crippen MR) is 68.6 cm³/mol. The Balaban J connectivity index is 2.12. The van der Waals surface area contributed by atoms with Crippen LogP contribution in [0.4, 0.5) is 0 Å². The van der Waals surface area contributed by atoms with Crippen LogP contribution in [-0.2, 0) is 6.42 Å². The summed E-state index contributed by atoms with van der Waals surface area (Å²) in [6.07, 6.45) is 0.110. The van der Waals surface area contributed by atoms with Crippen molar-refractivity contribution in [3.63, 3.8) is 0 Å². The van der Waals surface area contributed by atoms with Crippen molar-refractivity contribution < 1.29 is 15.0 Å². The first kappa shape index (κ1) is 13.2. The second kappa shape index (κ2) is 5.61. The van der Waals surface area contributed by atoms with Crippen LogP contribution in [0.3, 0.4) is 0 Å². The van der Waals surface area contributed by atoms with Gasteiger partial charge in [-0.2, -0.15) is 0 Å². The number of benzene rings is 1. The lowest BCUT2D eigenvalue weighted by atomic mass is 9.98. The summed E-state index contributed by atoms with van der Waals surface area (Å²) in [6, 6.07) is 5.33. The smallest absolute Gasteiger partial charge is 0.163 e. The van der Waals surface area contributed by atoms with E-state index in [1.165, 1.54) is 0 Å².